The van der Waals surface area contributed by atoms with Gasteiger partial charge < -0.3 is 11.1 Å². The smallest absolute Gasteiger partial charge is 0.227 e. The van der Waals surface area contributed by atoms with Crippen LogP contribution < -0.4 is 11.1 Å². The Hall–Kier alpha value is -1.51. The molecule has 0 bridgehead atoms. The lowest BCUT2D eigenvalue weighted by atomic mass is 10.1. The Labute approximate surface area is 97.0 Å². The number of rotatable bonds is 4. The Morgan fingerprint density at radius 2 is 2.19 bits per heavy atom. The average Bonchev–Trinajstić information content (AvgIpc) is 2.24. The fraction of sp³-hybridized carbons (Fsp3) is 0.462. The number of nitrogen functional groups attached to an aromatic ring is 1. The van der Waals surface area contributed by atoms with Gasteiger partial charge in [0.15, 0.2) is 0 Å². The van der Waals surface area contributed by atoms with Gasteiger partial charge in [-0.05, 0) is 37.1 Å². The number of nitrogens with one attached hydrogen (secondary N) is 1. The monoisotopic (exact) mass is 220 g/mol. The number of nitrogens with two attached hydrogens (primary N) is 1. The second-order valence-electron chi connectivity index (χ2n) is 4.25. The van der Waals surface area contributed by atoms with Crippen LogP contribution in [0.3, 0.4) is 0 Å². The molecule has 0 heterocycles. The maximum atomic E-state index is 11.8. The normalized spacial score (nSPS) is 12.2. The molecule has 0 fully saturated rings. The van der Waals surface area contributed by atoms with Crippen LogP contribution in [0.4, 0.5) is 11.4 Å². The predicted octanol–water partition coefficient (Wildman–Crippen LogP) is 2.95. The fourth-order valence-corrected chi connectivity index (χ4v) is 1.58. The van der Waals surface area contributed by atoms with E-state index in [1.807, 2.05) is 32.0 Å². The van der Waals surface area contributed by atoms with Crippen molar-refractivity contribution in [2.75, 3.05) is 11.1 Å². The van der Waals surface area contributed by atoms with Gasteiger partial charge in [-0.25, -0.2) is 0 Å². The van der Waals surface area contributed by atoms with Crippen molar-refractivity contribution in [1.29, 1.82) is 0 Å². The van der Waals surface area contributed by atoms with Crippen LogP contribution in [0.15, 0.2) is 18.2 Å². The first-order valence-corrected chi connectivity index (χ1v) is 5.71. The number of hydrogen-bond acceptors (Lipinski definition) is 2. The lowest BCUT2D eigenvalue weighted by molar-refractivity contribution is -0.119. The van der Waals surface area contributed by atoms with E-state index in [0.29, 0.717) is 0 Å². The first kappa shape index (κ1) is 12.6. The van der Waals surface area contributed by atoms with Gasteiger partial charge in [0.2, 0.25) is 5.91 Å². The van der Waals surface area contributed by atoms with Crippen LogP contribution in [0.1, 0.15) is 32.3 Å². The summed E-state index contributed by atoms with van der Waals surface area (Å²) in [5.74, 6) is 0.133. The van der Waals surface area contributed by atoms with Crippen LogP contribution in [0, 0.1) is 12.8 Å². The average molecular weight is 220 g/mol. The summed E-state index contributed by atoms with van der Waals surface area (Å²) < 4.78 is 0. The third-order valence-corrected chi connectivity index (χ3v) is 2.71. The van der Waals surface area contributed by atoms with Crippen molar-refractivity contribution in [3.63, 3.8) is 0 Å². The molecule has 3 heteroatoms. The highest BCUT2D eigenvalue weighted by Crippen LogP contribution is 2.17. The molecule has 0 radical (unpaired) electrons. The molecule has 1 rings (SSSR count). The number of benzene rings is 1. The Balaban J connectivity index is 2.66. The number of amides is 1. The van der Waals surface area contributed by atoms with Crippen molar-refractivity contribution in [2.24, 2.45) is 5.92 Å². The lowest BCUT2D eigenvalue weighted by Crippen LogP contribution is -2.20. The van der Waals surface area contributed by atoms with Crippen molar-refractivity contribution < 1.29 is 4.79 Å². The second kappa shape index (κ2) is 5.54. The van der Waals surface area contributed by atoms with Gasteiger partial charge in [0, 0.05) is 17.3 Å². The van der Waals surface area contributed by atoms with E-state index in [1.165, 1.54) is 0 Å². The molecule has 0 unspecified atom stereocenters. The molecule has 0 aromatic heterocycles. The Morgan fingerprint density at radius 1 is 1.50 bits per heavy atom. The molecule has 3 nitrogen and oxygen atoms in total. The predicted molar refractivity (Wildman–Crippen MR) is 68.3 cm³/mol. The Morgan fingerprint density at radius 3 is 2.75 bits per heavy atom. The molecule has 0 aliphatic carbocycles. The highest BCUT2D eigenvalue weighted by Gasteiger charge is 2.11. The van der Waals surface area contributed by atoms with Gasteiger partial charge in [-0.1, -0.05) is 20.3 Å². The molecule has 88 valence electrons. The largest absolute Gasteiger partial charge is 0.399 e. The van der Waals surface area contributed by atoms with Gasteiger partial charge in [0.05, 0.1) is 0 Å². The summed E-state index contributed by atoms with van der Waals surface area (Å²) >= 11 is 0. The highest BCUT2D eigenvalue weighted by atomic mass is 16.1. The number of carbonyl (C=O) groups excluding carboxylic acids is 1. The molecule has 1 amide bonds. The third kappa shape index (κ3) is 3.26. The summed E-state index contributed by atoms with van der Waals surface area (Å²) in [5, 5.41) is 2.90. The number of hydrogen-bond donors (Lipinski definition) is 2. The molecule has 1 aromatic rings. The van der Waals surface area contributed by atoms with E-state index >= 15 is 0 Å². The van der Waals surface area contributed by atoms with Gasteiger partial charge in [-0.15, -0.1) is 0 Å². The molecule has 0 aliphatic heterocycles. The summed E-state index contributed by atoms with van der Waals surface area (Å²) in [6, 6.07) is 5.54. The van der Waals surface area contributed by atoms with Crippen LogP contribution in [-0.4, -0.2) is 5.91 Å². The molecular weight excluding hydrogens is 200 g/mol. The summed E-state index contributed by atoms with van der Waals surface area (Å²) in [6.45, 7) is 5.96. The van der Waals surface area contributed by atoms with Crippen LogP contribution >= 0.6 is 0 Å². The molecule has 16 heavy (non-hydrogen) atoms. The molecule has 0 aliphatic rings. The van der Waals surface area contributed by atoms with Gasteiger partial charge in [0.25, 0.3) is 0 Å². The standard InChI is InChI=1S/C13H20N2O/c1-4-5-9(2)13(16)15-11-6-7-12(14)10(3)8-11/h6-9H,4-5,14H2,1-3H3,(H,15,16)/t9-/m0/s1. The van der Waals surface area contributed by atoms with Crippen molar-refractivity contribution >= 4 is 17.3 Å². The van der Waals surface area contributed by atoms with E-state index in [-0.39, 0.29) is 11.8 Å². The molecule has 3 N–H and O–H groups in total. The van der Waals surface area contributed by atoms with E-state index in [0.717, 1.165) is 29.8 Å². The van der Waals surface area contributed by atoms with Crippen LogP contribution in [0.2, 0.25) is 0 Å². The minimum absolute atomic E-state index is 0.0582. The van der Waals surface area contributed by atoms with Crippen molar-refractivity contribution in [1.82, 2.24) is 0 Å². The third-order valence-electron chi connectivity index (χ3n) is 2.71. The van der Waals surface area contributed by atoms with Gasteiger partial charge in [0.1, 0.15) is 0 Å². The topological polar surface area (TPSA) is 55.1 Å². The maximum Gasteiger partial charge on any atom is 0.227 e. The van der Waals surface area contributed by atoms with Crippen LogP contribution in [0.5, 0.6) is 0 Å². The lowest BCUT2D eigenvalue weighted by Gasteiger charge is -2.12. The van der Waals surface area contributed by atoms with E-state index in [1.54, 1.807) is 0 Å². The molecular formula is C13H20N2O. The van der Waals surface area contributed by atoms with E-state index < -0.39 is 0 Å². The molecule has 0 spiro atoms. The van der Waals surface area contributed by atoms with Crippen LogP contribution in [-0.2, 0) is 4.79 Å². The van der Waals surface area contributed by atoms with Gasteiger partial charge in [-0.3, -0.25) is 4.79 Å². The maximum absolute atomic E-state index is 11.8. The Bertz CT molecular complexity index is 374. The van der Waals surface area contributed by atoms with Gasteiger partial charge >= 0.3 is 0 Å². The van der Waals surface area contributed by atoms with E-state index in [2.05, 4.69) is 12.2 Å². The summed E-state index contributed by atoms with van der Waals surface area (Å²) in [7, 11) is 0. The zero-order valence-electron chi connectivity index (χ0n) is 10.2. The number of carbonyl (C=O) groups is 1. The zero-order chi connectivity index (χ0) is 12.1. The SMILES string of the molecule is CCC[C@H](C)C(=O)Nc1ccc(N)c(C)c1. The molecule has 1 aromatic carbocycles. The van der Waals surface area contributed by atoms with Crippen molar-refractivity contribution in [3.05, 3.63) is 23.8 Å². The molecule has 1 atom stereocenters. The zero-order valence-corrected chi connectivity index (χ0v) is 10.2. The Kier molecular flexibility index (Phi) is 4.35. The van der Waals surface area contributed by atoms with Gasteiger partial charge in [-0.2, -0.15) is 0 Å². The summed E-state index contributed by atoms with van der Waals surface area (Å²) in [6.07, 6.45) is 1.94. The van der Waals surface area contributed by atoms with E-state index in [4.69, 9.17) is 5.73 Å². The quantitative estimate of drug-likeness (QED) is 0.766. The number of anilines is 2. The summed E-state index contributed by atoms with van der Waals surface area (Å²) in [4.78, 5) is 11.8. The highest BCUT2D eigenvalue weighted by molar-refractivity contribution is 5.92. The minimum atomic E-state index is 0.0582. The minimum Gasteiger partial charge on any atom is -0.399 e. The van der Waals surface area contributed by atoms with Crippen LogP contribution in [0.25, 0.3) is 0 Å². The molecule has 0 saturated heterocycles. The number of aryl methyl sites for hydroxylation is 1. The second-order valence-corrected chi connectivity index (χ2v) is 4.25. The van der Waals surface area contributed by atoms with Crippen molar-refractivity contribution in [3.8, 4) is 0 Å². The first-order chi connectivity index (χ1) is 7.54. The van der Waals surface area contributed by atoms with Crippen molar-refractivity contribution in [2.45, 2.75) is 33.6 Å². The fourth-order valence-electron chi connectivity index (χ4n) is 1.58. The van der Waals surface area contributed by atoms with E-state index in [9.17, 15) is 4.79 Å². The first-order valence-electron chi connectivity index (χ1n) is 5.71. The summed E-state index contributed by atoms with van der Waals surface area (Å²) in [5.41, 5.74) is 8.27. The molecule has 0 saturated carbocycles.